The maximum atomic E-state index is 12.2. The predicted octanol–water partition coefficient (Wildman–Crippen LogP) is 4.31. The molecule has 0 saturated carbocycles. The van der Waals surface area contributed by atoms with Crippen molar-refractivity contribution in [3.8, 4) is 0 Å². The van der Waals surface area contributed by atoms with E-state index in [1.807, 2.05) is 12.1 Å². The summed E-state index contributed by atoms with van der Waals surface area (Å²) in [5.41, 5.74) is 1.69. The monoisotopic (exact) mass is 283 g/mol. The Hall–Kier alpha value is -0.990. The summed E-state index contributed by atoms with van der Waals surface area (Å²) in [5.74, 6) is 0.458. The van der Waals surface area contributed by atoms with Crippen LogP contribution in [0, 0.1) is 5.92 Å². The molecule has 4 heteroatoms. The Morgan fingerprint density at radius 3 is 2.61 bits per heavy atom. The molecule has 1 fully saturated rings. The van der Waals surface area contributed by atoms with Gasteiger partial charge in [-0.15, -0.1) is 0 Å². The third kappa shape index (κ3) is 2.70. The number of hydrogen-bond acceptors (Lipinski definition) is 1. The highest BCUT2D eigenvalue weighted by molar-refractivity contribution is 6.42. The van der Waals surface area contributed by atoms with Crippen LogP contribution in [-0.4, -0.2) is 12.5 Å². The second-order valence-corrected chi connectivity index (χ2v) is 5.56. The van der Waals surface area contributed by atoms with Gasteiger partial charge in [0, 0.05) is 17.8 Å². The zero-order chi connectivity index (χ0) is 13.3. The molecule has 0 aromatic heterocycles. The quantitative estimate of drug-likeness (QED) is 0.741. The van der Waals surface area contributed by atoms with Crippen molar-refractivity contribution >= 4 is 34.8 Å². The third-order valence-electron chi connectivity index (χ3n) is 2.87. The van der Waals surface area contributed by atoms with Gasteiger partial charge in [-0.2, -0.15) is 0 Å². The molecule has 2 nitrogen and oxygen atoms in total. The first kappa shape index (κ1) is 13.4. The normalized spacial score (nSPS) is 18.2. The van der Waals surface area contributed by atoms with E-state index in [4.69, 9.17) is 23.2 Å². The molecule has 0 unspecified atom stereocenters. The van der Waals surface area contributed by atoms with Gasteiger partial charge in [0.25, 0.3) is 5.91 Å². The largest absolute Gasteiger partial charge is 0.308 e. The lowest BCUT2D eigenvalue weighted by Crippen LogP contribution is -2.24. The first-order valence-electron chi connectivity index (χ1n) is 5.96. The second kappa shape index (κ2) is 5.33. The summed E-state index contributed by atoms with van der Waals surface area (Å²) in [6, 6.07) is 5.28. The summed E-state index contributed by atoms with van der Waals surface area (Å²) in [6.07, 6.45) is 2.82. The van der Waals surface area contributed by atoms with Crippen LogP contribution in [-0.2, 0) is 4.79 Å². The number of rotatable bonds is 2. The summed E-state index contributed by atoms with van der Waals surface area (Å²) in [6.45, 7) is 4.85. The number of benzene rings is 1. The van der Waals surface area contributed by atoms with E-state index < -0.39 is 0 Å². The van der Waals surface area contributed by atoms with Crippen LogP contribution in [0.5, 0.6) is 0 Å². The molecule has 1 amide bonds. The maximum absolute atomic E-state index is 12.2. The molecule has 1 saturated heterocycles. The lowest BCUT2D eigenvalue weighted by atomic mass is 10.1. The van der Waals surface area contributed by atoms with Crippen molar-refractivity contribution in [2.75, 3.05) is 11.4 Å². The smallest absolute Gasteiger partial charge is 0.253 e. The number of anilines is 1. The van der Waals surface area contributed by atoms with E-state index in [1.54, 1.807) is 17.0 Å². The molecule has 96 valence electrons. The van der Waals surface area contributed by atoms with Gasteiger partial charge < -0.3 is 4.90 Å². The molecule has 0 radical (unpaired) electrons. The number of carbonyl (C=O) groups is 1. The Kier molecular flexibility index (Phi) is 3.98. The summed E-state index contributed by atoms with van der Waals surface area (Å²) in [4.78, 5) is 14.0. The summed E-state index contributed by atoms with van der Waals surface area (Å²) in [5, 5.41) is 0.980. The van der Waals surface area contributed by atoms with Gasteiger partial charge in [0.05, 0.1) is 10.0 Å². The topological polar surface area (TPSA) is 20.3 Å². The second-order valence-electron chi connectivity index (χ2n) is 4.74. The van der Waals surface area contributed by atoms with E-state index in [2.05, 4.69) is 13.8 Å². The summed E-state index contributed by atoms with van der Waals surface area (Å²) < 4.78 is 0. The molecule has 1 heterocycles. The van der Waals surface area contributed by atoms with Crippen LogP contribution in [0.15, 0.2) is 29.8 Å². The number of hydrogen-bond donors (Lipinski definition) is 0. The molecule has 1 aromatic rings. The van der Waals surface area contributed by atoms with Gasteiger partial charge in [0.2, 0.25) is 0 Å². The number of carbonyl (C=O) groups excluding carboxylic acids is 1. The molecule has 1 aliphatic heterocycles. The minimum atomic E-state index is 0.0714. The molecular weight excluding hydrogens is 269 g/mol. The lowest BCUT2D eigenvalue weighted by molar-refractivity contribution is -0.114. The molecule has 0 spiro atoms. The zero-order valence-electron chi connectivity index (χ0n) is 10.4. The van der Waals surface area contributed by atoms with Crippen LogP contribution in [0.4, 0.5) is 5.69 Å². The minimum absolute atomic E-state index is 0.0714. The van der Waals surface area contributed by atoms with Crippen molar-refractivity contribution < 1.29 is 4.79 Å². The van der Waals surface area contributed by atoms with E-state index in [9.17, 15) is 4.79 Å². The molecule has 2 rings (SSSR count). The fraction of sp³-hybridized carbons (Fsp3) is 0.357. The maximum Gasteiger partial charge on any atom is 0.253 e. The van der Waals surface area contributed by atoms with Gasteiger partial charge in [0.1, 0.15) is 0 Å². The number of halogens is 2. The average molecular weight is 284 g/mol. The highest BCUT2D eigenvalue weighted by Gasteiger charge is 2.27. The van der Waals surface area contributed by atoms with E-state index in [-0.39, 0.29) is 5.91 Å². The highest BCUT2D eigenvalue weighted by atomic mass is 35.5. The van der Waals surface area contributed by atoms with E-state index in [0.29, 0.717) is 22.5 Å². The fourth-order valence-electron chi connectivity index (χ4n) is 2.07. The minimum Gasteiger partial charge on any atom is -0.308 e. The Bertz CT molecular complexity index is 509. The van der Waals surface area contributed by atoms with Gasteiger partial charge in [-0.3, -0.25) is 4.79 Å². The number of nitrogens with zero attached hydrogens (tertiary/aromatic N) is 1. The standard InChI is InChI=1S/C14H15Cl2NO/c1-9(2)7-10-5-6-17(14(10)18)11-3-4-12(15)13(16)8-11/h3-4,7-9H,5-6H2,1-2H3/b10-7+. The molecule has 1 aliphatic rings. The van der Waals surface area contributed by atoms with Gasteiger partial charge >= 0.3 is 0 Å². The van der Waals surface area contributed by atoms with E-state index in [0.717, 1.165) is 17.7 Å². The van der Waals surface area contributed by atoms with Crippen LogP contribution in [0.3, 0.4) is 0 Å². The number of allylic oxidation sites excluding steroid dienone is 1. The SMILES string of the molecule is CC(C)/C=C1\CCN(c2ccc(Cl)c(Cl)c2)C1=O. The first-order valence-corrected chi connectivity index (χ1v) is 6.72. The molecule has 0 bridgehead atoms. The van der Waals surface area contributed by atoms with Gasteiger partial charge in [-0.05, 0) is 30.5 Å². The van der Waals surface area contributed by atoms with Crippen molar-refractivity contribution in [3.63, 3.8) is 0 Å². The summed E-state index contributed by atoms with van der Waals surface area (Å²) in [7, 11) is 0. The van der Waals surface area contributed by atoms with Crippen molar-refractivity contribution in [2.24, 2.45) is 5.92 Å². The fourth-order valence-corrected chi connectivity index (χ4v) is 2.36. The Labute approximate surface area is 117 Å². The predicted molar refractivity (Wildman–Crippen MR) is 76.4 cm³/mol. The Morgan fingerprint density at radius 1 is 1.28 bits per heavy atom. The third-order valence-corrected chi connectivity index (χ3v) is 3.61. The van der Waals surface area contributed by atoms with Crippen LogP contribution in [0.25, 0.3) is 0 Å². The molecule has 0 atom stereocenters. The van der Waals surface area contributed by atoms with Crippen LogP contribution in [0.2, 0.25) is 10.0 Å². The summed E-state index contributed by atoms with van der Waals surface area (Å²) >= 11 is 11.9. The molecule has 18 heavy (non-hydrogen) atoms. The van der Waals surface area contributed by atoms with Crippen LogP contribution >= 0.6 is 23.2 Å². The highest BCUT2D eigenvalue weighted by Crippen LogP contribution is 2.31. The lowest BCUT2D eigenvalue weighted by Gasteiger charge is -2.16. The van der Waals surface area contributed by atoms with E-state index >= 15 is 0 Å². The van der Waals surface area contributed by atoms with Gasteiger partial charge in [-0.1, -0.05) is 43.1 Å². The van der Waals surface area contributed by atoms with E-state index in [1.165, 1.54) is 0 Å². The van der Waals surface area contributed by atoms with Crippen molar-refractivity contribution in [3.05, 3.63) is 39.9 Å². The van der Waals surface area contributed by atoms with Crippen LogP contribution < -0.4 is 4.90 Å². The number of amides is 1. The Morgan fingerprint density at radius 2 is 2.00 bits per heavy atom. The zero-order valence-corrected chi connectivity index (χ0v) is 11.9. The van der Waals surface area contributed by atoms with Crippen molar-refractivity contribution in [1.29, 1.82) is 0 Å². The average Bonchev–Trinajstić information content (AvgIpc) is 2.64. The van der Waals surface area contributed by atoms with Crippen LogP contribution in [0.1, 0.15) is 20.3 Å². The van der Waals surface area contributed by atoms with Gasteiger partial charge in [-0.25, -0.2) is 0 Å². The van der Waals surface area contributed by atoms with Gasteiger partial charge in [0.15, 0.2) is 0 Å². The first-order chi connectivity index (χ1) is 8.49. The van der Waals surface area contributed by atoms with Crippen molar-refractivity contribution in [1.82, 2.24) is 0 Å². The molecule has 0 N–H and O–H groups in total. The molecule has 0 aliphatic carbocycles. The molecule has 1 aromatic carbocycles. The van der Waals surface area contributed by atoms with Crippen molar-refractivity contribution in [2.45, 2.75) is 20.3 Å². The molecular formula is C14H15Cl2NO. The Balaban J connectivity index is 2.26.